The fraction of sp³-hybridized carbons (Fsp3) is 0.462. The summed E-state index contributed by atoms with van der Waals surface area (Å²) in [5.41, 5.74) is 10.9. The van der Waals surface area contributed by atoms with Gasteiger partial charge in [-0.05, 0) is 12.0 Å². The Morgan fingerprint density at radius 3 is 2.72 bits per heavy atom. The molecule has 1 aliphatic heterocycles. The van der Waals surface area contributed by atoms with E-state index < -0.39 is 11.4 Å². The standard InChI is InChI=1S/C13H18N2O3/c14-12(16)13(15,10-4-2-1-3-5-10)9-18-11-6-7-17-8-11/h1-5,11H,6-9,15H2,(H2,14,16). The molecule has 98 valence electrons. The van der Waals surface area contributed by atoms with Crippen LogP contribution >= 0.6 is 0 Å². The van der Waals surface area contributed by atoms with Crippen LogP contribution in [0.3, 0.4) is 0 Å². The lowest BCUT2D eigenvalue weighted by Gasteiger charge is -2.27. The lowest BCUT2D eigenvalue weighted by molar-refractivity contribution is -0.127. The number of carbonyl (C=O) groups excluding carboxylic acids is 1. The van der Waals surface area contributed by atoms with E-state index in [0.717, 1.165) is 6.42 Å². The largest absolute Gasteiger partial charge is 0.379 e. The van der Waals surface area contributed by atoms with E-state index in [9.17, 15) is 4.79 Å². The quantitative estimate of drug-likeness (QED) is 0.777. The molecular formula is C13H18N2O3. The normalized spacial score (nSPS) is 22.6. The molecule has 1 amide bonds. The number of benzene rings is 1. The Kier molecular flexibility index (Phi) is 3.96. The first-order chi connectivity index (χ1) is 8.63. The molecule has 0 bridgehead atoms. The molecule has 1 saturated heterocycles. The molecule has 5 heteroatoms. The Hall–Kier alpha value is -1.43. The maximum atomic E-state index is 11.6. The predicted molar refractivity (Wildman–Crippen MR) is 66.7 cm³/mol. The van der Waals surface area contributed by atoms with Gasteiger partial charge in [-0.3, -0.25) is 4.79 Å². The van der Waals surface area contributed by atoms with Gasteiger partial charge in [-0.2, -0.15) is 0 Å². The third kappa shape index (κ3) is 2.69. The van der Waals surface area contributed by atoms with Crippen molar-refractivity contribution in [2.45, 2.75) is 18.1 Å². The fourth-order valence-corrected chi connectivity index (χ4v) is 1.93. The van der Waals surface area contributed by atoms with Crippen LogP contribution in [-0.2, 0) is 19.8 Å². The van der Waals surface area contributed by atoms with E-state index in [4.69, 9.17) is 20.9 Å². The summed E-state index contributed by atoms with van der Waals surface area (Å²) < 4.78 is 10.8. The predicted octanol–water partition coefficient (Wildman–Crippen LogP) is 0.131. The maximum absolute atomic E-state index is 11.6. The van der Waals surface area contributed by atoms with Crippen LogP contribution < -0.4 is 11.5 Å². The highest BCUT2D eigenvalue weighted by Gasteiger charge is 2.35. The van der Waals surface area contributed by atoms with Gasteiger partial charge in [0.1, 0.15) is 5.54 Å². The Morgan fingerprint density at radius 1 is 1.44 bits per heavy atom. The van der Waals surface area contributed by atoms with Crippen LogP contribution in [0.15, 0.2) is 30.3 Å². The lowest BCUT2D eigenvalue weighted by atomic mass is 9.91. The molecule has 2 atom stereocenters. The number of rotatable bonds is 5. The van der Waals surface area contributed by atoms with Gasteiger partial charge in [-0.15, -0.1) is 0 Å². The number of hydrogen-bond donors (Lipinski definition) is 2. The Labute approximate surface area is 106 Å². The van der Waals surface area contributed by atoms with Crippen LogP contribution in [0.25, 0.3) is 0 Å². The van der Waals surface area contributed by atoms with Crippen molar-refractivity contribution < 1.29 is 14.3 Å². The Morgan fingerprint density at radius 2 is 2.17 bits per heavy atom. The van der Waals surface area contributed by atoms with Crippen LogP contribution in [0, 0.1) is 0 Å². The molecule has 1 aromatic rings. The molecule has 0 saturated carbocycles. The zero-order valence-corrected chi connectivity index (χ0v) is 10.2. The summed E-state index contributed by atoms with van der Waals surface area (Å²) in [5.74, 6) is -0.590. The third-order valence-electron chi connectivity index (χ3n) is 3.16. The van der Waals surface area contributed by atoms with Crippen molar-refractivity contribution in [3.63, 3.8) is 0 Å². The molecule has 18 heavy (non-hydrogen) atoms. The number of ether oxygens (including phenoxy) is 2. The van der Waals surface area contributed by atoms with Crippen LogP contribution in [-0.4, -0.2) is 31.8 Å². The van der Waals surface area contributed by atoms with E-state index in [1.165, 1.54) is 0 Å². The first-order valence-electron chi connectivity index (χ1n) is 5.96. The Bertz CT molecular complexity index is 404. The van der Waals surface area contributed by atoms with Gasteiger partial charge < -0.3 is 20.9 Å². The van der Waals surface area contributed by atoms with E-state index in [-0.39, 0.29) is 12.7 Å². The molecule has 0 spiro atoms. The number of amides is 1. The van der Waals surface area contributed by atoms with Crippen molar-refractivity contribution in [3.8, 4) is 0 Å². The maximum Gasteiger partial charge on any atom is 0.244 e. The number of primary amides is 1. The van der Waals surface area contributed by atoms with Gasteiger partial charge in [0.25, 0.3) is 0 Å². The van der Waals surface area contributed by atoms with Crippen molar-refractivity contribution in [2.24, 2.45) is 11.5 Å². The fourth-order valence-electron chi connectivity index (χ4n) is 1.93. The van der Waals surface area contributed by atoms with E-state index in [2.05, 4.69) is 0 Å². The summed E-state index contributed by atoms with van der Waals surface area (Å²) in [4.78, 5) is 11.6. The molecule has 1 aliphatic rings. The van der Waals surface area contributed by atoms with E-state index in [0.29, 0.717) is 18.8 Å². The molecule has 1 aromatic carbocycles. The molecule has 4 N–H and O–H groups in total. The SMILES string of the molecule is NC(=O)C(N)(COC1CCOC1)c1ccccc1. The minimum atomic E-state index is -1.29. The summed E-state index contributed by atoms with van der Waals surface area (Å²) in [6.07, 6.45) is 0.819. The van der Waals surface area contributed by atoms with Gasteiger partial charge in [0.15, 0.2) is 0 Å². The second kappa shape index (κ2) is 5.48. The van der Waals surface area contributed by atoms with E-state index >= 15 is 0 Å². The number of nitrogens with two attached hydrogens (primary N) is 2. The molecule has 0 radical (unpaired) electrons. The molecule has 2 unspecified atom stereocenters. The summed E-state index contributed by atoms with van der Waals surface area (Å²) >= 11 is 0. The molecular weight excluding hydrogens is 232 g/mol. The zero-order valence-electron chi connectivity index (χ0n) is 10.2. The minimum Gasteiger partial charge on any atom is -0.379 e. The zero-order chi connectivity index (χ0) is 13.0. The summed E-state index contributed by atoms with van der Waals surface area (Å²) in [7, 11) is 0. The molecule has 2 rings (SSSR count). The van der Waals surface area contributed by atoms with Crippen LogP contribution in [0.5, 0.6) is 0 Å². The van der Waals surface area contributed by atoms with Gasteiger partial charge in [-0.1, -0.05) is 30.3 Å². The van der Waals surface area contributed by atoms with Gasteiger partial charge in [-0.25, -0.2) is 0 Å². The molecule has 1 fully saturated rings. The van der Waals surface area contributed by atoms with E-state index in [1.54, 1.807) is 12.1 Å². The monoisotopic (exact) mass is 250 g/mol. The Balaban J connectivity index is 2.09. The van der Waals surface area contributed by atoms with Crippen molar-refractivity contribution in [1.29, 1.82) is 0 Å². The third-order valence-corrected chi connectivity index (χ3v) is 3.16. The summed E-state index contributed by atoms with van der Waals surface area (Å²) in [5, 5.41) is 0. The van der Waals surface area contributed by atoms with Gasteiger partial charge in [0.05, 0.1) is 19.3 Å². The second-order valence-electron chi connectivity index (χ2n) is 4.50. The summed E-state index contributed by atoms with van der Waals surface area (Å²) in [6, 6.07) is 9.05. The first-order valence-corrected chi connectivity index (χ1v) is 5.96. The second-order valence-corrected chi connectivity index (χ2v) is 4.50. The van der Waals surface area contributed by atoms with Crippen LogP contribution in [0.1, 0.15) is 12.0 Å². The number of carbonyl (C=O) groups is 1. The highest BCUT2D eigenvalue weighted by atomic mass is 16.5. The van der Waals surface area contributed by atoms with Crippen molar-refractivity contribution in [1.82, 2.24) is 0 Å². The van der Waals surface area contributed by atoms with Crippen molar-refractivity contribution in [3.05, 3.63) is 35.9 Å². The summed E-state index contributed by atoms with van der Waals surface area (Å²) in [6.45, 7) is 1.30. The highest BCUT2D eigenvalue weighted by Crippen LogP contribution is 2.20. The van der Waals surface area contributed by atoms with Crippen molar-refractivity contribution >= 4 is 5.91 Å². The topological polar surface area (TPSA) is 87.6 Å². The van der Waals surface area contributed by atoms with Crippen LogP contribution in [0.2, 0.25) is 0 Å². The average Bonchev–Trinajstić information content (AvgIpc) is 2.90. The first kappa shape index (κ1) is 13.0. The molecule has 0 aliphatic carbocycles. The lowest BCUT2D eigenvalue weighted by Crippen LogP contribution is -2.53. The minimum absolute atomic E-state index is 0.00372. The molecule has 5 nitrogen and oxygen atoms in total. The smallest absolute Gasteiger partial charge is 0.244 e. The van der Waals surface area contributed by atoms with Gasteiger partial charge >= 0.3 is 0 Å². The van der Waals surface area contributed by atoms with E-state index in [1.807, 2.05) is 18.2 Å². The van der Waals surface area contributed by atoms with Gasteiger partial charge in [0, 0.05) is 6.61 Å². The molecule has 0 aromatic heterocycles. The number of hydrogen-bond acceptors (Lipinski definition) is 4. The van der Waals surface area contributed by atoms with Crippen molar-refractivity contribution in [2.75, 3.05) is 19.8 Å². The van der Waals surface area contributed by atoms with Crippen LogP contribution in [0.4, 0.5) is 0 Å². The van der Waals surface area contributed by atoms with Gasteiger partial charge in [0.2, 0.25) is 5.91 Å². The highest BCUT2D eigenvalue weighted by molar-refractivity contribution is 5.86. The average molecular weight is 250 g/mol. The molecule has 1 heterocycles.